The lowest BCUT2D eigenvalue weighted by atomic mass is 9.86. The first-order valence-corrected chi connectivity index (χ1v) is 4.32. The summed E-state index contributed by atoms with van der Waals surface area (Å²) in [4.78, 5) is 0. The molecule has 0 aromatic heterocycles. The topological polar surface area (TPSA) is 41.2 Å². The number of hydrogen-bond donors (Lipinski definition) is 1. The van der Waals surface area contributed by atoms with Crippen molar-refractivity contribution in [2.24, 2.45) is 11.8 Å². The zero-order valence-electron chi connectivity index (χ0n) is 6.58. The minimum atomic E-state index is -0.0666. The summed E-state index contributed by atoms with van der Waals surface area (Å²) < 4.78 is 5.40. The summed E-state index contributed by atoms with van der Waals surface area (Å²) in [7, 11) is 0. The molecule has 0 saturated carbocycles. The van der Waals surface area contributed by atoms with E-state index in [9.17, 15) is 5.11 Å². The first-order valence-electron chi connectivity index (χ1n) is 4.32. The van der Waals surface area contributed by atoms with Crippen molar-refractivity contribution in [1.29, 1.82) is 0 Å². The molecule has 0 bridgehead atoms. The Labute approximate surface area is 66.7 Å². The summed E-state index contributed by atoms with van der Waals surface area (Å²) in [5.41, 5.74) is 0. The van der Waals surface area contributed by atoms with Crippen LogP contribution >= 0.6 is 0 Å². The Morgan fingerprint density at radius 1 is 1.55 bits per heavy atom. The van der Waals surface area contributed by atoms with Gasteiger partial charge in [0, 0.05) is 12.5 Å². The van der Waals surface area contributed by atoms with Gasteiger partial charge in [0.25, 0.3) is 0 Å². The van der Waals surface area contributed by atoms with Crippen molar-refractivity contribution in [3.8, 4) is 0 Å². The van der Waals surface area contributed by atoms with Gasteiger partial charge < -0.3 is 10.1 Å². The molecule has 1 radical (unpaired) electrons. The number of rotatable bonds is 1. The smallest absolute Gasteiger partial charge is 0.109 e. The predicted octanol–water partition coefficient (Wildman–Crippen LogP) is 0.0414. The fourth-order valence-corrected chi connectivity index (χ4v) is 2.12. The van der Waals surface area contributed by atoms with E-state index in [-0.39, 0.29) is 12.7 Å². The van der Waals surface area contributed by atoms with Gasteiger partial charge in [-0.05, 0) is 18.9 Å². The molecule has 0 spiro atoms. The Bertz CT molecular complexity index is 134. The monoisotopic (exact) mass is 156 g/mol. The van der Waals surface area contributed by atoms with E-state index in [1.165, 1.54) is 6.42 Å². The van der Waals surface area contributed by atoms with Crippen molar-refractivity contribution >= 4 is 0 Å². The Morgan fingerprint density at radius 2 is 2.45 bits per heavy atom. The molecule has 0 aromatic carbocycles. The molecule has 0 amide bonds. The molecule has 3 nitrogen and oxygen atoms in total. The van der Waals surface area contributed by atoms with Gasteiger partial charge in [0.15, 0.2) is 0 Å². The molecule has 2 heterocycles. The highest BCUT2D eigenvalue weighted by Crippen LogP contribution is 2.30. The molecule has 2 aliphatic heterocycles. The summed E-state index contributed by atoms with van der Waals surface area (Å²) in [6, 6.07) is 0. The highest BCUT2D eigenvalue weighted by atomic mass is 16.5. The molecule has 3 atom stereocenters. The maximum atomic E-state index is 10.6. The molecule has 11 heavy (non-hydrogen) atoms. The zero-order valence-corrected chi connectivity index (χ0v) is 6.58. The van der Waals surface area contributed by atoms with Crippen LogP contribution in [-0.4, -0.2) is 32.4 Å². The summed E-state index contributed by atoms with van der Waals surface area (Å²) in [5, 5.41) is 13.9. The molecule has 2 fully saturated rings. The molecule has 0 aromatic rings. The average molecular weight is 156 g/mol. The van der Waals surface area contributed by atoms with Gasteiger partial charge >= 0.3 is 0 Å². The van der Waals surface area contributed by atoms with E-state index in [4.69, 9.17) is 4.74 Å². The molecule has 1 N–H and O–H groups in total. The maximum Gasteiger partial charge on any atom is 0.109 e. The van der Waals surface area contributed by atoms with E-state index in [0.717, 1.165) is 19.7 Å². The fraction of sp³-hybridized carbons (Fsp3) is 1.00. The van der Waals surface area contributed by atoms with Gasteiger partial charge in [-0.3, -0.25) is 0 Å². The summed E-state index contributed by atoms with van der Waals surface area (Å²) in [6.45, 7) is 2.83. The van der Waals surface area contributed by atoms with Crippen molar-refractivity contribution in [3.63, 3.8) is 0 Å². The van der Waals surface area contributed by atoms with Crippen LogP contribution in [0.15, 0.2) is 0 Å². The second-order valence-electron chi connectivity index (χ2n) is 3.46. The van der Waals surface area contributed by atoms with Gasteiger partial charge in [-0.1, -0.05) is 0 Å². The summed E-state index contributed by atoms with van der Waals surface area (Å²) in [6.07, 6.45) is 1.18. The molecule has 2 aliphatic rings. The quantitative estimate of drug-likeness (QED) is 0.582. The number of hydrogen-bond acceptors (Lipinski definition) is 2. The predicted molar refractivity (Wildman–Crippen MR) is 39.8 cm³/mol. The highest BCUT2D eigenvalue weighted by Gasteiger charge is 2.38. The van der Waals surface area contributed by atoms with Crippen LogP contribution in [0.5, 0.6) is 0 Å². The lowest BCUT2D eigenvalue weighted by molar-refractivity contribution is 0.0129. The molecule has 3 heteroatoms. The summed E-state index contributed by atoms with van der Waals surface area (Å²) >= 11 is 0. The SMILES string of the molecule is [O]CC1OCC2CCNCC21. The number of nitrogens with one attached hydrogen (secondary N) is 1. The Balaban J connectivity index is 1.98. The Kier molecular flexibility index (Phi) is 2.11. The van der Waals surface area contributed by atoms with Crippen molar-refractivity contribution in [2.75, 3.05) is 26.3 Å². The van der Waals surface area contributed by atoms with Gasteiger partial charge in [0.1, 0.15) is 6.61 Å². The van der Waals surface area contributed by atoms with Crippen molar-refractivity contribution in [3.05, 3.63) is 0 Å². The van der Waals surface area contributed by atoms with E-state index >= 15 is 0 Å². The molecule has 3 unspecified atom stereocenters. The van der Waals surface area contributed by atoms with E-state index in [0.29, 0.717) is 11.8 Å². The second-order valence-corrected chi connectivity index (χ2v) is 3.46. The van der Waals surface area contributed by atoms with Crippen LogP contribution < -0.4 is 5.32 Å². The van der Waals surface area contributed by atoms with Gasteiger partial charge in [-0.2, -0.15) is 0 Å². The molecule has 2 rings (SSSR count). The molecular weight excluding hydrogens is 142 g/mol. The Morgan fingerprint density at radius 3 is 3.27 bits per heavy atom. The van der Waals surface area contributed by atoms with Crippen molar-refractivity contribution in [1.82, 2.24) is 5.32 Å². The third-order valence-electron chi connectivity index (χ3n) is 2.84. The zero-order chi connectivity index (χ0) is 7.68. The minimum Gasteiger partial charge on any atom is -0.375 e. The van der Waals surface area contributed by atoms with Crippen LogP contribution in [0.25, 0.3) is 0 Å². The van der Waals surface area contributed by atoms with Gasteiger partial charge in [-0.15, -0.1) is 0 Å². The van der Waals surface area contributed by atoms with Crippen LogP contribution in [0.3, 0.4) is 0 Å². The van der Waals surface area contributed by atoms with Crippen LogP contribution in [0, 0.1) is 11.8 Å². The molecule has 2 saturated heterocycles. The maximum absolute atomic E-state index is 10.6. The van der Waals surface area contributed by atoms with Gasteiger partial charge in [0.05, 0.1) is 12.7 Å². The third-order valence-corrected chi connectivity index (χ3v) is 2.84. The lowest BCUT2D eigenvalue weighted by Crippen LogP contribution is -2.39. The van der Waals surface area contributed by atoms with Crippen LogP contribution in [0.2, 0.25) is 0 Å². The molecular formula is C8H14NO2. The largest absolute Gasteiger partial charge is 0.375 e. The van der Waals surface area contributed by atoms with E-state index in [1.807, 2.05) is 0 Å². The van der Waals surface area contributed by atoms with Crippen LogP contribution in [-0.2, 0) is 9.84 Å². The first kappa shape index (κ1) is 7.53. The molecule has 0 aliphatic carbocycles. The third kappa shape index (κ3) is 1.28. The fourth-order valence-electron chi connectivity index (χ4n) is 2.12. The van der Waals surface area contributed by atoms with Gasteiger partial charge in [0.2, 0.25) is 0 Å². The minimum absolute atomic E-state index is 0.00667. The summed E-state index contributed by atoms with van der Waals surface area (Å²) in [5.74, 6) is 1.16. The first-order chi connectivity index (χ1) is 5.42. The van der Waals surface area contributed by atoms with Crippen LogP contribution in [0.1, 0.15) is 6.42 Å². The van der Waals surface area contributed by atoms with E-state index < -0.39 is 0 Å². The second kappa shape index (κ2) is 3.09. The number of piperidine rings is 1. The van der Waals surface area contributed by atoms with Crippen molar-refractivity contribution < 1.29 is 9.84 Å². The van der Waals surface area contributed by atoms with E-state index in [2.05, 4.69) is 5.32 Å². The number of fused-ring (bicyclic) bond motifs is 1. The standard InChI is InChI=1S/C8H14NO2/c10-4-8-7-3-9-2-1-6(7)5-11-8/h6-9H,1-5H2. The molecule has 63 valence electrons. The average Bonchev–Trinajstić information content (AvgIpc) is 2.47. The normalized spacial score (nSPS) is 43.9. The van der Waals surface area contributed by atoms with Crippen molar-refractivity contribution in [2.45, 2.75) is 12.5 Å². The lowest BCUT2D eigenvalue weighted by Gasteiger charge is -2.26. The van der Waals surface area contributed by atoms with Crippen LogP contribution in [0.4, 0.5) is 0 Å². The Hall–Kier alpha value is -0.120. The number of ether oxygens (including phenoxy) is 1. The van der Waals surface area contributed by atoms with E-state index in [1.54, 1.807) is 0 Å². The van der Waals surface area contributed by atoms with Gasteiger partial charge in [-0.25, -0.2) is 5.11 Å². The highest BCUT2D eigenvalue weighted by molar-refractivity contribution is 4.88.